The molecular weight excluding hydrogens is 190 g/mol. The van der Waals surface area contributed by atoms with Gasteiger partial charge in [0.05, 0.1) is 24.4 Å². The molecule has 0 spiro atoms. The smallest absolute Gasteiger partial charge is 0.164 e. The summed E-state index contributed by atoms with van der Waals surface area (Å²) in [6.45, 7) is 1.53. The highest BCUT2D eigenvalue weighted by molar-refractivity contribution is 6.08. The zero-order chi connectivity index (χ0) is 10.8. The average Bonchev–Trinajstić information content (AvgIpc) is 2.27. The second-order valence-corrected chi connectivity index (χ2v) is 3.27. The van der Waals surface area contributed by atoms with Gasteiger partial charge >= 0.3 is 0 Å². The number of rotatable bonds is 2. The maximum Gasteiger partial charge on any atom is 0.164 e. The molecule has 76 valence electrons. The maximum absolute atomic E-state index is 11.5. The molecule has 0 saturated carbocycles. The zero-order valence-electron chi connectivity index (χ0n) is 8.65. The summed E-state index contributed by atoms with van der Waals surface area (Å²) < 4.78 is 5.13. The Hall–Kier alpha value is -1.90. The molecule has 2 aromatic rings. The van der Waals surface area contributed by atoms with Gasteiger partial charge in [0.2, 0.25) is 0 Å². The minimum absolute atomic E-state index is 0.00884. The number of aromatic nitrogens is 1. The first-order valence-corrected chi connectivity index (χ1v) is 4.66. The van der Waals surface area contributed by atoms with Crippen molar-refractivity contribution in [3.63, 3.8) is 0 Å². The number of hydrogen-bond donors (Lipinski definition) is 0. The topological polar surface area (TPSA) is 39.2 Å². The molecular formula is C12H11NO2. The molecule has 1 aromatic carbocycles. The fourth-order valence-electron chi connectivity index (χ4n) is 1.64. The van der Waals surface area contributed by atoms with Crippen LogP contribution in [0, 0.1) is 0 Å². The SMILES string of the molecule is COc1cnc2ccccc2c1C(C)=O. The first-order chi connectivity index (χ1) is 7.24. The van der Waals surface area contributed by atoms with Crippen LogP contribution >= 0.6 is 0 Å². The zero-order valence-corrected chi connectivity index (χ0v) is 8.65. The molecule has 0 saturated heterocycles. The number of Topliss-reactive ketones (excluding diaryl/α,β-unsaturated/α-hetero) is 1. The number of carbonyl (C=O) groups is 1. The number of carbonyl (C=O) groups excluding carboxylic acids is 1. The number of hydrogen-bond acceptors (Lipinski definition) is 3. The number of methoxy groups -OCH3 is 1. The Balaban J connectivity index is 2.85. The van der Waals surface area contributed by atoms with Gasteiger partial charge in [0.25, 0.3) is 0 Å². The van der Waals surface area contributed by atoms with E-state index in [1.165, 1.54) is 14.0 Å². The number of ketones is 1. The van der Waals surface area contributed by atoms with Crippen LogP contribution in [0.5, 0.6) is 5.75 Å². The molecule has 0 aliphatic heterocycles. The van der Waals surface area contributed by atoms with Crippen LogP contribution in [0.4, 0.5) is 0 Å². The van der Waals surface area contributed by atoms with Gasteiger partial charge in [0.15, 0.2) is 5.78 Å². The summed E-state index contributed by atoms with van der Waals surface area (Å²) in [4.78, 5) is 15.7. The van der Waals surface area contributed by atoms with E-state index in [2.05, 4.69) is 4.98 Å². The van der Waals surface area contributed by atoms with Gasteiger partial charge < -0.3 is 4.74 Å². The molecule has 0 N–H and O–H groups in total. The number of nitrogens with zero attached hydrogens (tertiary/aromatic N) is 1. The standard InChI is InChI=1S/C12H11NO2/c1-8(14)12-9-5-3-4-6-10(9)13-7-11(12)15-2/h3-7H,1-2H3. The predicted octanol–water partition coefficient (Wildman–Crippen LogP) is 2.45. The molecule has 1 aromatic heterocycles. The van der Waals surface area contributed by atoms with Gasteiger partial charge in [-0.1, -0.05) is 18.2 Å². The van der Waals surface area contributed by atoms with E-state index in [1.54, 1.807) is 6.20 Å². The molecule has 0 fully saturated rings. The summed E-state index contributed by atoms with van der Waals surface area (Å²) in [5.74, 6) is 0.520. The minimum Gasteiger partial charge on any atom is -0.494 e. The van der Waals surface area contributed by atoms with Crippen molar-refractivity contribution in [1.29, 1.82) is 0 Å². The molecule has 0 aliphatic rings. The van der Waals surface area contributed by atoms with E-state index in [-0.39, 0.29) is 5.78 Å². The predicted molar refractivity (Wildman–Crippen MR) is 58.3 cm³/mol. The minimum atomic E-state index is -0.00884. The fraction of sp³-hybridized carbons (Fsp3) is 0.167. The number of ether oxygens (including phenoxy) is 1. The van der Waals surface area contributed by atoms with Crippen molar-refractivity contribution >= 4 is 16.7 Å². The molecule has 2 rings (SSSR count). The molecule has 3 heteroatoms. The number of fused-ring (bicyclic) bond motifs is 1. The van der Waals surface area contributed by atoms with Crippen molar-refractivity contribution in [1.82, 2.24) is 4.98 Å². The van der Waals surface area contributed by atoms with E-state index in [0.717, 1.165) is 10.9 Å². The lowest BCUT2D eigenvalue weighted by Gasteiger charge is -2.08. The molecule has 0 radical (unpaired) electrons. The second kappa shape index (κ2) is 3.69. The third kappa shape index (κ3) is 1.56. The lowest BCUT2D eigenvalue weighted by atomic mass is 10.1. The van der Waals surface area contributed by atoms with E-state index < -0.39 is 0 Å². The first-order valence-electron chi connectivity index (χ1n) is 4.66. The monoisotopic (exact) mass is 201 g/mol. The van der Waals surface area contributed by atoms with Crippen LogP contribution in [0.25, 0.3) is 10.9 Å². The molecule has 3 nitrogen and oxygen atoms in total. The van der Waals surface area contributed by atoms with Gasteiger partial charge in [0, 0.05) is 5.39 Å². The lowest BCUT2D eigenvalue weighted by molar-refractivity contribution is 0.101. The second-order valence-electron chi connectivity index (χ2n) is 3.27. The number of pyridine rings is 1. The Bertz CT molecular complexity index is 520. The summed E-state index contributed by atoms with van der Waals surface area (Å²) in [5, 5.41) is 0.837. The quantitative estimate of drug-likeness (QED) is 0.700. The largest absolute Gasteiger partial charge is 0.494 e. The average molecular weight is 201 g/mol. The van der Waals surface area contributed by atoms with Crippen LogP contribution in [0.15, 0.2) is 30.5 Å². The van der Waals surface area contributed by atoms with E-state index in [0.29, 0.717) is 11.3 Å². The Morgan fingerprint density at radius 1 is 1.33 bits per heavy atom. The molecule has 0 atom stereocenters. The number of para-hydroxylation sites is 1. The molecule has 0 unspecified atom stereocenters. The highest BCUT2D eigenvalue weighted by atomic mass is 16.5. The lowest BCUT2D eigenvalue weighted by Crippen LogP contribution is -1.99. The summed E-state index contributed by atoms with van der Waals surface area (Å²) in [5.41, 5.74) is 1.41. The third-order valence-corrected chi connectivity index (χ3v) is 2.31. The van der Waals surface area contributed by atoms with Crippen LogP contribution < -0.4 is 4.74 Å². The van der Waals surface area contributed by atoms with Crippen LogP contribution in [-0.4, -0.2) is 17.9 Å². The van der Waals surface area contributed by atoms with Gasteiger partial charge in [-0.15, -0.1) is 0 Å². The van der Waals surface area contributed by atoms with Gasteiger partial charge in [-0.25, -0.2) is 0 Å². The first kappa shape index (κ1) is 9.65. The molecule has 0 aliphatic carbocycles. The summed E-state index contributed by atoms with van der Waals surface area (Å²) in [6.07, 6.45) is 1.58. The normalized spacial score (nSPS) is 10.3. The van der Waals surface area contributed by atoms with Gasteiger partial charge in [-0.2, -0.15) is 0 Å². The van der Waals surface area contributed by atoms with Gasteiger partial charge in [-0.05, 0) is 13.0 Å². The Morgan fingerprint density at radius 2 is 2.07 bits per heavy atom. The van der Waals surface area contributed by atoms with Crippen LogP contribution in [-0.2, 0) is 0 Å². The van der Waals surface area contributed by atoms with Crippen molar-refractivity contribution in [3.8, 4) is 5.75 Å². The molecule has 1 heterocycles. The highest BCUT2D eigenvalue weighted by Crippen LogP contribution is 2.25. The van der Waals surface area contributed by atoms with E-state index in [1.807, 2.05) is 24.3 Å². The van der Waals surface area contributed by atoms with E-state index in [4.69, 9.17) is 4.74 Å². The Kier molecular flexibility index (Phi) is 2.37. The Labute approximate surface area is 87.7 Å². The van der Waals surface area contributed by atoms with Crippen molar-refractivity contribution in [3.05, 3.63) is 36.0 Å². The van der Waals surface area contributed by atoms with Crippen LogP contribution in [0.3, 0.4) is 0 Å². The summed E-state index contributed by atoms with van der Waals surface area (Å²) in [7, 11) is 1.54. The van der Waals surface area contributed by atoms with E-state index in [9.17, 15) is 4.79 Å². The molecule has 0 amide bonds. The van der Waals surface area contributed by atoms with Crippen molar-refractivity contribution in [2.24, 2.45) is 0 Å². The summed E-state index contributed by atoms with van der Waals surface area (Å²) in [6, 6.07) is 7.53. The third-order valence-electron chi connectivity index (χ3n) is 2.31. The fourth-order valence-corrected chi connectivity index (χ4v) is 1.64. The van der Waals surface area contributed by atoms with Crippen molar-refractivity contribution in [2.75, 3.05) is 7.11 Å². The number of benzene rings is 1. The Morgan fingerprint density at radius 3 is 2.73 bits per heavy atom. The van der Waals surface area contributed by atoms with Crippen molar-refractivity contribution in [2.45, 2.75) is 6.92 Å². The molecule has 15 heavy (non-hydrogen) atoms. The molecule has 0 bridgehead atoms. The van der Waals surface area contributed by atoms with Crippen molar-refractivity contribution < 1.29 is 9.53 Å². The summed E-state index contributed by atoms with van der Waals surface area (Å²) >= 11 is 0. The van der Waals surface area contributed by atoms with Gasteiger partial charge in [0.1, 0.15) is 5.75 Å². The highest BCUT2D eigenvalue weighted by Gasteiger charge is 2.12. The van der Waals surface area contributed by atoms with E-state index >= 15 is 0 Å². The van der Waals surface area contributed by atoms with Crippen LogP contribution in [0.1, 0.15) is 17.3 Å². The van der Waals surface area contributed by atoms with Gasteiger partial charge in [-0.3, -0.25) is 9.78 Å². The maximum atomic E-state index is 11.5. The van der Waals surface area contributed by atoms with Crippen LogP contribution in [0.2, 0.25) is 0 Å².